The zero-order chi connectivity index (χ0) is 14.1. The minimum absolute atomic E-state index is 0.0191. The van der Waals surface area contributed by atoms with Crippen molar-refractivity contribution in [3.63, 3.8) is 0 Å². The van der Waals surface area contributed by atoms with E-state index in [2.05, 4.69) is 15.3 Å². The second kappa shape index (κ2) is 4.73. The van der Waals surface area contributed by atoms with Crippen LogP contribution in [0, 0.1) is 0 Å². The lowest BCUT2D eigenvalue weighted by molar-refractivity contribution is -0.118. The van der Waals surface area contributed by atoms with E-state index in [1.807, 2.05) is 24.3 Å². The molecule has 1 aromatic carbocycles. The van der Waals surface area contributed by atoms with Gasteiger partial charge >= 0.3 is 5.97 Å². The first kappa shape index (κ1) is 12.3. The summed E-state index contributed by atoms with van der Waals surface area (Å²) >= 11 is 0. The van der Waals surface area contributed by atoms with Crippen molar-refractivity contribution in [1.29, 1.82) is 0 Å². The SMILES string of the molecule is O=C(O)c1nccnc1NC(=O)C1Cc2ccccc21. The number of nitrogens with one attached hydrogen (secondary N) is 1. The Labute approximate surface area is 114 Å². The van der Waals surface area contributed by atoms with Crippen molar-refractivity contribution in [2.75, 3.05) is 5.32 Å². The van der Waals surface area contributed by atoms with Gasteiger partial charge in [-0.1, -0.05) is 24.3 Å². The zero-order valence-electron chi connectivity index (χ0n) is 10.4. The molecular weight excluding hydrogens is 258 g/mol. The molecule has 0 radical (unpaired) electrons. The lowest BCUT2D eigenvalue weighted by atomic mass is 9.77. The Kier molecular flexibility index (Phi) is 2.90. The molecule has 6 heteroatoms. The van der Waals surface area contributed by atoms with Crippen LogP contribution in [0.5, 0.6) is 0 Å². The summed E-state index contributed by atoms with van der Waals surface area (Å²) in [6.07, 6.45) is 3.28. The predicted molar refractivity (Wildman–Crippen MR) is 70.5 cm³/mol. The summed E-state index contributed by atoms with van der Waals surface area (Å²) in [5, 5.41) is 11.5. The quantitative estimate of drug-likeness (QED) is 0.879. The predicted octanol–water partition coefficient (Wildman–Crippen LogP) is 1.45. The highest BCUT2D eigenvalue weighted by Crippen LogP contribution is 2.35. The summed E-state index contributed by atoms with van der Waals surface area (Å²) in [4.78, 5) is 30.7. The van der Waals surface area contributed by atoms with Crippen molar-refractivity contribution in [1.82, 2.24) is 9.97 Å². The largest absolute Gasteiger partial charge is 0.476 e. The number of rotatable bonds is 3. The summed E-state index contributed by atoms with van der Waals surface area (Å²) in [5.74, 6) is -1.75. The number of nitrogens with zero attached hydrogens (tertiary/aromatic N) is 2. The number of carboxylic acid groups (broad SMARTS) is 1. The number of carboxylic acids is 1. The van der Waals surface area contributed by atoms with Crippen molar-refractivity contribution >= 4 is 17.7 Å². The molecule has 0 saturated heterocycles. The molecule has 2 aromatic rings. The maximum absolute atomic E-state index is 12.2. The van der Waals surface area contributed by atoms with Gasteiger partial charge in [-0.2, -0.15) is 0 Å². The van der Waals surface area contributed by atoms with Crippen LogP contribution in [0.3, 0.4) is 0 Å². The molecule has 1 unspecified atom stereocenters. The fraction of sp³-hybridized carbons (Fsp3) is 0.143. The Hall–Kier alpha value is -2.76. The molecule has 2 N–H and O–H groups in total. The van der Waals surface area contributed by atoms with Crippen LogP contribution in [0.25, 0.3) is 0 Å². The van der Waals surface area contributed by atoms with E-state index in [4.69, 9.17) is 5.11 Å². The fourth-order valence-electron chi connectivity index (χ4n) is 2.28. The molecule has 1 aliphatic carbocycles. The van der Waals surface area contributed by atoms with Gasteiger partial charge in [0.25, 0.3) is 0 Å². The van der Waals surface area contributed by atoms with E-state index < -0.39 is 5.97 Å². The first-order valence-corrected chi connectivity index (χ1v) is 6.10. The van der Waals surface area contributed by atoms with Gasteiger partial charge < -0.3 is 10.4 Å². The van der Waals surface area contributed by atoms with Gasteiger partial charge in [0.1, 0.15) is 0 Å². The molecule has 6 nitrogen and oxygen atoms in total. The number of fused-ring (bicyclic) bond motifs is 1. The lowest BCUT2D eigenvalue weighted by Crippen LogP contribution is -2.31. The van der Waals surface area contributed by atoms with Gasteiger partial charge in [0.2, 0.25) is 5.91 Å². The first-order valence-electron chi connectivity index (χ1n) is 6.10. The molecular formula is C14H11N3O3. The molecule has 20 heavy (non-hydrogen) atoms. The number of hydrogen-bond donors (Lipinski definition) is 2. The summed E-state index contributed by atoms with van der Waals surface area (Å²) < 4.78 is 0. The van der Waals surface area contributed by atoms with E-state index in [1.165, 1.54) is 12.4 Å². The second-order valence-electron chi connectivity index (χ2n) is 4.50. The standard InChI is InChI=1S/C14H11N3O3/c18-13(10-7-8-3-1-2-4-9(8)10)17-12-11(14(19)20)15-5-6-16-12/h1-6,10H,7H2,(H,19,20)(H,16,17,18). The van der Waals surface area contributed by atoms with Crippen molar-refractivity contribution in [3.05, 3.63) is 53.5 Å². The molecule has 0 bridgehead atoms. The highest BCUT2D eigenvalue weighted by Gasteiger charge is 2.32. The smallest absolute Gasteiger partial charge is 0.358 e. The third kappa shape index (κ3) is 2.01. The van der Waals surface area contributed by atoms with Gasteiger partial charge in [0, 0.05) is 12.4 Å². The lowest BCUT2D eigenvalue weighted by Gasteiger charge is -2.28. The van der Waals surface area contributed by atoms with Crippen molar-refractivity contribution in [2.24, 2.45) is 0 Å². The number of aromatic carboxylic acids is 1. The van der Waals surface area contributed by atoms with Crippen molar-refractivity contribution in [2.45, 2.75) is 12.3 Å². The van der Waals surface area contributed by atoms with E-state index in [1.54, 1.807) is 0 Å². The van der Waals surface area contributed by atoms with Gasteiger partial charge in [0.15, 0.2) is 11.5 Å². The molecule has 0 saturated carbocycles. The minimum atomic E-state index is -1.22. The van der Waals surface area contributed by atoms with Crippen LogP contribution in [0.4, 0.5) is 5.82 Å². The third-order valence-electron chi connectivity index (χ3n) is 3.31. The fourth-order valence-corrected chi connectivity index (χ4v) is 2.28. The van der Waals surface area contributed by atoms with Crippen LogP contribution in [0.1, 0.15) is 27.5 Å². The van der Waals surface area contributed by atoms with Gasteiger partial charge in [-0.25, -0.2) is 14.8 Å². The van der Waals surface area contributed by atoms with Gasteiger partial charge in [-0.3, -0.25) is 4.79 Å². The van der Waals surface area contributed by atoms with Gasteiger partial charge in [-0.15, -0.1) is 0 Å². The summed E-state index contributed by atoms with van der Waals surface area (Å²) in [5.41, 5.74) is 1.87. The van der Waals surface area contributed by atoms with Gasteiger partial charge in [0.05, 0.1) is 5.92 Å². The Bertz CT molecular complexity index is 700. The van der Waals surface area contributed by atoms with E-state index in [-0.39, 0.29) is 23.3 Å². The number of benzene rings is 1. The van der Waals surface area contributed by atoms with Crippen LogP contribution in [0.2, 0.25) is 0 Å². The molecule has 100 valence electrons. The third-order valence-corrected chi connectivity index (χ3v) is 3.31. The van der Waals surface area contributed by atoms with Crippen LogP contribution < -0.4 is 5.32 Å². The highest BCUT2D eigenvalue weighted by atomic mass is 16.4. The molecule has 1 heterocycles. The summed E-state index contributed by atoms with van der Waals surface area (Å²) in [7, 11) is 0. The molecule has 1 aromatic heterocycles. The first-order chi connectivity index (χ1) is 9.66. The molecule has 1 atom stereocenters. The number of carbonyl (C=O) groups excluding carboxylic acids is 1. The van der Waals surface area contributed by atoms with Crippen LogP contribution in [-0.2, 0) is 11.2 Å². The monoisotopic (exact) mass is 269 g/mol. The average Bonchev–Trinajstić information content (AvgIpc) is 2.40. The Morgan fingerprint density at radius 3 is 2.70 bits per heavy atom. The summed E-state index contributed by atoms with van der Waals surface area (Å²) in [6.45, 7) is 0. The Morgan fingerprint density at radius 2 is 1.95 bits per heavy atom. The van der Waals surface area contributed by atoms with Gasteiger partial charge in [-0.05, 0) is 17.5 Å². The number of anilines is 1. The maximum atomic E-state index is 12.2. The van der Waals surface area contributed by atoms with E-state index in [0.717, 1.165) is 11.1 Å². The Morgan fingerprint density at radius 1 is 1.20 bits per heavy atom. The highest BCUT2D eigenvalue weighted by molar-refractivity contribution is 6.01. The number of hydrogen-bond acceptors (Lipinski definition) is 4. The van der Waals surface area contributed by atoms with Crippen LogP contribution in [-0.4, -0.2) is 27.0 Å². The topological polar surface area (TPSA) is 92.2 Å². The van der Waals surface area contributed by atoms with Crippen LogP contribution in [0.15, 0.2) is 36.7 Å². The number of carbonyl (C=O) groups is 2. The maximum Gasteiger partial charge on any atom is 0.358 e. The molecule has 1 amide bonds. The molecule has 0 fully saturated rings. The van der Waals surface area contributed by atoms with Crippen molar-refractivity contribution in [3.8, 4) is 0 Å². The van der Waals surface area contributed by atoms with E-state index in [0.29, 0.717) is 6.42 Å². The molecule has 0 aliphatic heterocycles. The van der Waals surface area contributed by atoms with E-state index >= 15 is 0 Å². The minimum Gasteiger partial charge on any atom is -0.476 e. The van der Waals surface area contributed by atoms with Crippen LogP contribution >= 0.6 is 0 Å². The Balaban J connectivity index is 1.80. The normalized spacial score (nSPS) is 15.9. The average molecular weight is 269 g/mol. The molecule has 0 spiro atoms. The second-order valence-corrected chi connectivity index (χ2v) is 4.50. The number of amides is 1. The van der Waals surface area contributed by atoms with Crippen molar-refractivity contribution < 1.29 is 14.7 Å². The van der Waals surface area contributed by atoms with E-state index in [9.17, 15) is 9.59 Å². The molecule has 3 rings (SSSR count). The molecule has 1 aliphatic rings. The zero-order valence-corrected chi connectivity index (χ0v) is 10.4. The number of aromatic nitrogens is 2. The summed E-state index contributed by atoms with van der Waals surface area (Å²) in [6, 6.07) is 7.68.